The summed E-state index contributed by atoms with van der Waals surface area (Å²) in [5, 5.41) is 0. The topological polar surface area (TPSA) is 77.8 Å². The van der Waals surface area contributed by atoms with E-state index in [2.05, 4.69) is 12.1 Å². The second kappa shape index (κ2) is 9.37. The normalized spacial score (nSPS) is 15.2. The van der Waals surface area contributed by atoms with Crippen LogP contribution in [0.4, 0.5) is 4.39 Å². The molecule has 180 valence electrons. The van der Waals surface area contributed by atoms with Crippen molar-refractivity contribution in [2.75, 3.05) is 20.2 Å². The number of pyridine rings is 1. The number of hydrogen-bond donors (Lipinski definition) is 0. The van der Waals surface area contributed by atoms with Crippen LogP contribution in [0.25, 0.3) is 0 Å². The van der Waals surface area contributed by atoms with Crippen molar-refractivity contribution >= 4 is 11.9 Å². The molecule has 0 saturated heterocycles. The van der Waals surface area contributed by atoms with Crippen LogP contribution in [-0.4, -0.2) is 47.6 Å². The summed E-state index contributed by atoms with van der Waals surface area (Å²) in [5.41, 5.74) is 3.00. The average molecular weight is 477 g/mol. The van der Waals surface area contributed by atoms with Gasteiger partial charge in [0, 0.05) is 56.2 Å². The molecule has 0 N–H and O–H groups in total. The lowest BCUT2D eigenvalue weighted by atomic mass is 10.1. The summed E-state index contributed by atoms with van der Waals surface area (Å²) in [6, 6.07) is 14.9. The van der Waals surface area contributed by atoms with E-state index in [1.807, 2.05) is 12.1 Å². The minimum Gasteiger partial charge on any atom is -0.489 e. The molecule has 0 spiro atoms. The molecule has 2 heterocycles. The van der Waals surface area contributed by atoms with Gasteiger partial charge in [-0.2, -0.15) is 0 Å². The molecule has 0 radical (unpaired) electrons. The maximum Gasteiger partial charge on any atom is 0.343 e. The molecule has 1 amide bonds. The van der Waals surface area contributed by atoms with Crippen molar-refractivity contribution in [2.45, 2.75) is 31.9 Å². The van der Waals surface area contributed by atoms with Crippen LogP contribution >= 0.6 is 0 Å². The summed E-state index contributed by atoms with van der Waals surface area (Å²) >= 11 is 0. The van der Waals surface area contributed by atoms with Crippen molar-refractivity contribution in [3.8, 4) is 5.75 Å². The average Bonchev–Trinajstić information content (AvgIpc) is 3.13. The van der Waals surface area contributed by atoms with Crippen molar-refractivity contribution in [3.05, 3.63) is 98.7 Å². The van der Waals surface area contributed by atoms with Gasteiger partial charge >= 0.3 is 5.97 Å². The summed E-state index contributed by atoms with van der Waals surface area (Å²) in [4.78, 5) is 40.5. The van der Waals surface area contributed by atoms with Gasteiger partial charge in [-0.25, -0.2) is 9.18 Å². The third-order valence-corrected chi connectivity index (χ3v) is 6.65. The summed E-state index contributed by atoms with van der Waals surface area (Å²) in [6.45, 7) is 0.715. The van der Waals surface area contributed by atoms with E-state index < -0.39 is 11.8 Å². The van der Waals surface area contributed by atoms with E-state index in [0.29, 0.717) is 18.5 Å². The first-order valence-electron chi connectivity index (χ1n) is 11.6. The second-order valence-corrected chi connectivity index (χ2v) is 8.78. The Labute approximate surface area is 201 Å². The molecule has 0 bridgehead atoms. The maximum absolute atomic E-state index is 13.6. The third-order valence-electron chi connectivity index (χ3n) is 6.65. The SMILES string of the molecule is COC(=O)c1c(OC2Cc3ccccc3C2)cc(=O)n2c1CCN(C(=O)c1cccc(F)c1)CC2. The van der Waals surface area contributed by atoms with Gasteiger partial charge in [0.05, 0.1) is 7.11 Å². The molecule has 7 nitrogen and oxygen atoms in total. The lowest BCUT2D eigenvalue weighted by Gasteiger charge is -2.20. The number of benzene rings is 2. The lowest BCUT2D eigenvalue weighted by Crippen LogP contribution is -2.34. The Morgan fingerprint density at radius 1 is 0.971 bits per heavy atom. The Hall–Kier alpha value is -3.94. The predicted molar refractivity (Wildman–Crippen MR) is 126 cm³/mol. The van der Waals surface area contributed by atoms with E-state index in [-0.39, 0.29) is 60.5 Å². The summed E-state index contributed by atoms with van der Waals surface area (Å²) in [5.74, 6) is -1.21. The number of rotatable bonds is 4. The third kappa shape index (κ3) is 4.43. The molecular formula is C27H25FN2O5. The van der Waals surface area contributed by atoms with E-state index in [9.17, 15) is 18.8 Å². The Balaban J connectivity index is 1.44. The van der Waals surface area contributed by atoms with Gasteiger partial charge in [-0.15, -0.1) is 0 Å². The highest BCUT2D eigenvalue weighted by Crippen LogP contribution is 2.30. The zero-order valence-electron chi connectivity index (χ0n) is 19.3. The molecule has 0 unspecified atom stereocenters. The van der Waals surface area contributed by atoms with Crippen molar-refractivity contribution < 1.29 is 23.5 Å². The van der Waals surface area contributed by atoms with Crippen molar-refractivity contribution in [2.24, 2.45) is 0 Å². The highest BCUT2D eigenvalue weighted by Gasteiger charge is 2.30. The van der Waals surface area contributed by atoms with Gasteiger partial charge in [-0.05, 0) is 29.3 Å². The lowest BCUT2D eigenvalue weighted by molar-refractivity contribution is 0.0590. The van der Waals surface area contributed by atoms with Gasteiger partial charge in [0.15, 0.2) is 0 Å². The van der Waals surface area contributed by atoms with Gasteiger partial charge < -0.3 is 18.9 Å². The van der Waals surface area contributed by atoms with Crippen molar-refractivity contribution in [1.82, 2.24) is 9.47 Å². The Kier molecular flexibility index (Phi) is 6.11. The van der Waals surface area contributed by atoms with E-state index >= 15 is 0 Å². The van der Waals surface area contributed by atoms with E-state index in [4.69, 9.17) is 9.47 Å². The number of esters is 1. The van der Waals surface area contributed by atoms with Gasteiger partial charge in [-0.3, -0.25) is 9.59 Å². The van der Waals surface area contributed by atoms with Crippen molar-refractivity contribution in [1.29, 1.82) is 0 Å². The Morgan fingerprint density at radius 2 is 1.71 bits per heavy atom. The quantitative estimate of drug-likeness (QED) is 0.541. The van der Waals surface area contributed by atoms with Crippen molar-refractivity contribution in [3.63, 3.8) is 0 Å². The van der Waals surface area contributed by atoms with Gasteiger partial charge in [-0.1, -0.05) is 30.3 Å². The fourth-order valence-electron chi connectivity index (χ4n) is 4.95. The molecule has 2 aromatic carbocycles. The molecule has 0 fully saturated rings. The van der Waals surface area contributed by atoms with Crippen LogP contribution in [0.15, 0.2) is 59.4 Å². The van der Waals surface area contributed by atoms with Gasteiger partial charge in [0.2, 0.25) is 0 Å². The van der Waals surface area contributed by atoms with Crippen LogP contribution in [0, 0.1) is 5.82 Å². The molecule has 8 heteroatoms. The van der Waals surface area contributed by atoms with Crippen LogP contribution in [-0.2, 0) is 30.5 Å². The molecular weight excluding hydrogens is 451 g/mol. The highest BCUT2D eigenvalue weighted by atomic mass is 19.1. The fraction of sp³-hybridized carbons (Fsp3) is 0.296. The maximum atomic E-state index is 13.6. The molecule has 1 aliphatic heterocycles. The zero-order chi connectivity index (χ0) is 24.5. The van der Waals surface area contributed by atoms with Gasteiger partial charge in [0.1, 0.15) is 23.2 Å². The number of carbonyl (C=O) groups excluding carboxylic acids is 2. The largest absolute Gasteiger partial charge is 0.489 e. The van der Waals surface area contributed by atoms with Crippen LogP contribution in [0.2, 0.25) is 0 Å². The molecule has 3 aromatic rings. The number of hydrogen-bond acceptors (Lipinski definition) is 5. The zero-order valence-corrected chi connectivity index (χ0v) is 19.3. The molecule has 35 heavy (non-hydrogen) atoms. The number of fused-ring (bicyclic) bond motifs is 2. The fourth-order valence-corrected chi connectivity index (χ4v) is 4.95. The monoisotopic (exact) mass is 476 g/mol. The molecule has 5 rings (SSSR count). The standard InChI is InChI=1S/C27H25FN2O5/c1-34-27(33)25-22-9-10-29(26(32)19-7-4-8-20(28)13-19)11-12-30(22)24(31)16-23(25)35-21-14-17-5-2-3-6-18(17)15-21/h2-8,13,16,21H,9-12,14-15H2,1H3. The van der Waals surface area contributed by atoms with Crippen LogP contribution < -0.4 is 10.3 Å². The Morgan fingerprint density at radius 3 is 2.40 bits per heavy atom. The first-order valence-corrected chi connectivity index (χ1v) is 11.6. The van der Waals surface area contributed by atoms with Crippen LogP contribution in [0.1, 0.15) is 37.5 Å². The molecule has 1 aliphatic carbocycles. The van der Waals surface area contributed by atoms with Crippen LogP contribution in [0.3, 0.4) is 0 Å². The van der Waals surface area contributed by atoms with Crippen LogP contribution in [0.5, 0.6) is 5.75 Å². The predicted octanol–water partition coefficient (Wildman–Crippen LogP) is 3.02. The molecule has 0 atom stereocenters. The van der Waals surface area contributed by atoms with Gasteiger partial charge in [0.25, 0.3) is 11.5 Å². The molecule has 1 aromatic heterocycles. The number of methoxy groups -OCH3 is 1. The van der Waals surface area contributed by atoms with E-state index in [1.54, 1.807) is 11.0 Å². The smallest absolute Gasteiger partial charge is 0.343 e. The second-order valence-electron chi connectivity index (χ2n) is 8.78. The summed E-state index contributed by atoms with van der Waals surface area (Å²) in [6.07, 6.45) is 1.43. The molecule has 2 aliphatic rings. The number of amides is 1. The first kappa shape index (κ1) is 22.8. The minimum atomic E-state index is -0.593. The number of carbonyl (C=O) groups is 2. The summed E-state index contributed by atoms with van der Waals surface area (Å²) in [7, 11) is 1.29. The van der Waals surface area contributed by atoms with E-state index in [1.165, 1.54) is 47.1 Å². The number of halogens is 1. The number of nitrogens with zero attached hydrogens (tertiary/aromatic N) is 2. The highest BCUT2D eigenvalue weighted by molar-refractivity contribution is 5.95. The number of ether oxygens (including phenoxy) is 2. The minimum absolute atomic E-state index is 0.199. The van der Waals surface area contributed by atoms with E-state index in [0.717, 1.165) is 0 Å². The summed E-state index contributed by atoms with van der Waals surface area (Å²) < 4.78 is 26.4. The Bertz CT molecular complexity index is 1340. The first-order chi connectivity index (χ1) is 16.9. The number of aromatic nitrogens is 1. The molecule has 0 saturated carbocycles.